The molecule has 25 heavy (non-hydrogen) atoms. The minimum atomic E-state index is 0. The number of hydrogen-bond acceptors (Lipinski definition) is 5. The number of hydrogen-bond donors (Lipinski definition) is 3. The summed E-state index contributed by atoms with van der Waals surface area (Å²) in [7, 11) is 0. The van der Waals surface area contributed by atoms with E-state index >= 15 is 0 Å². The van der Waals surface area contributed by atoms with Gasteiger partial charge in [-0.05, 0) is 62.9 Å². The number of benzene rings is 1. The number of rotatable bonds is 4. The Morgan fingerprint density at radius 2 is 2.08 bits per heavy atom. The third-order valence-electron chi connectivity index (χ3n) is 5.07. The van der Waals surface area contributed by atoms with E-state index in [0.717, 1.165) is 28.8 Å². The van der Waals surface area contributed by atoms with E-state index in [4.69, 9.17) is 11.5 Å². The molecular weight excluding hydrogens is 336 g/mol. The van der Waals surface area contributed by atoms with Crippen LogP contribution in [0.15, 0.2) is 24.4 Å². The van der Waals surface area contributed by atoms with Crippen LogP contribution >= 0.6 is 12.4 Å². The molecule has 1 aromatic carbocycles. The first kappa shape index (κ1) is 17.8. The molecule has 1 atom stereocenters. The predicted octanol–water partition coefficient (Wildman–Crippen LogP) is 2.95. The molecule has 0 spiro atoms. The minimum Gasteiger partial charge on any atom is -0.383 e. The lowest BCUT2D eigenvalue weighted by molar-refractivity contribution is 0.344. The van der Waals surface area contributed by atoms with Crippen molar-refractivity contribution in [2.75, 3.05) is 24.6 Å². The fourth-order valence-electron chi connectivity index (χ4n) is 3.87. The van der Waals surface area contributed by atoms with Gasteiger partial charge in [0.15, 0.2) is 0 Å². The van der Waals surface area contributed by atoms with Crippen molar-refractivity contribution >= 4 is 46.0 Å². The van der Waals surface area contributed by atoms with Gasteiger partial charge in [-0.3, -0.25) is 0 Å². The summed E-state index contributed by atoms with van der Waals surface area (Å²) in [5.41, 5.74) is 13.8. The highest BCUT2D eigenvalue weighted by atomic mass is 35.5. The standard InChI is InChI=1S/C18H24N6.ClH/c19-17-16-13-7-10-24(9-2-4-12-3-1-8-21-11-12)15(13)6-5-14(16)22-18(20)23-17;/h5-7,10,12,21H,1-4,8-9,11H2,(H4,19,20,22,23);1H. The molecule has 0 amide bonds. The van der Waals surface area contributed by atoms with Crippen LogP contribution in [0.25, 0.3) is 21.8 Å². The second-order valence-electron chi connectivity index (χ2n) is 6.72. The smallest absolute Gasteiger partial charge is 0.222 e. The van der Waals surface area contributed by atoms with Gasteiger partial charge in [-0.2, -0.15) is 4.98 Å². The van der Waals surface area contributed by atoms with Crippen molar-refractivity contribution in [1.82, 2.24) is 19.9 Å². The first-order chi connectivity index (χ1) is 11.7. The Bertz CT molecular complexity index is 869. The van der Waals surface area contributed by atoms with Crippen LogP contribution in [-0.4, -0.2) is 27.6 Å². The van der Waals surface area contributed by atoms with Crippen LogP contribution in [0.1, 0.15) is 25.7 Å². The number of aryl methyl sites for hydroxylation is 1. The molecule has 2 aromatic heterocycles. The highest BCUT2D eigenvalue weighted by Crippen LogP contribution is 2.29. The number of nitrogens with one attached hydrogen (secondary N) is 1. The second kappa shape index (κ2) is 7.45. The summed E-state index contributed by atoms with van der Waals surface area (Å²) in [5, 5.41) is 5.50. The normalized spacial score (nSPS) is 17.7. The maximum Gasteiger partial charge on any atom is 0.222 e. The summed E-state index contributed by atoms with van der Waals surface area (Å²) < 4.78 is 2.31. The average Bonchev–Trinajstić information content (AvgIpc) is 2.98. The average molecular weight is 361 g/mol. The van der Waals surface area contributed by atoms with Crippen LogP contribution in [0.5, 0.6) is 0 Å². The van der Waals surface area contributed by atoms with Crippen molar-refractivity contribution in [2.24, 2.45) is 5.92 Å². The molecule has 0 saturated carbocycles. The first-order valence-corrected chi connectivity index (χ1v) is 8.73. The quantitative estimate of drug-likeness (QED) is 0.664. The van der Waals surface area contributed by atoms with Gasteiger partial charge >= 0.3 is 0 Å². The number of nitrogens with two attached hydrogens (primary N) is 2. The van der Waals surface area contributed by atoms with Gasteiger partial charge in [0, 0.05) is 23.6 Å². The molecule has 0 bridgehead atoms. The van der Waals surface area contributed by atoms with E-state index in [1.807, 2.05) is 6.07 Å². The van der Waals surface area contributed by atoms with Crippen LogP contribution in [-0.2, 0) is 6.54 Å². The lowest BCUT2D eigenvalue weighted by atomic mass is 9.95. The number of nitrogens with zero attached hydrogens (tertiary/aromatic N) is 3. The summed E-state index contributed by atoms with van der Waals surface area (Å²) in [5.74, 6) is 1.50. The van der Waals surface area contributed by atoms with Gasteiger partial charge < -0.3 is 21.4 Å². The topological polar surface area (TPSA) is 94.8 Å². The molecule has 1 fully saturated rings. The molecule has 6 nitrogen and oxygen atoms in total. The van der Waals surface area contributed by atoms with E-state index in [9.17, 15) is 0 Å². The SMILES string of the molecule is Cl.Nc1nc(N)c2c(ccc3c2ccn3CCCC2CCCNC2)n1. The molecule has 3 heterocycles. The Morgan fingerprint density at radius 1 is 1.20 bits per heavy atom. The highest BCUT2D eigenvalue weighted by Gasteiger charge is 2.13. The predicted molar refractivity (Wildman–Crippen MR) is 106 cm³/mol. The van der Waals surface area contributed by atoms with E-state index in [0.29, 0.717) is 5.82 Å². The summed E-state index contributed by atoms with van der Waals surface area (Å²) >= 11 is 0. The molecule has 4 rings (SSSR count). The van der Waals surface area contributed by atoms with E-state index in [2.05, 4.69) is 38.2 Å². The lowest BCUT2D eigenvalue weighted by Crippen LogP contribution is -2.29. The van der Waals surface area contributed by atoms with E-state index in [1.54, 1.807) is 0 Å². The van der Waals surface area contributed by atoms with Crippen molar-refractivity contribution in [3.63, 3.8) is 0 Å². The zero-order valence-electron chi connectivity index (χ0n) is 14.2. The molecule has 7 heteroatoms. The molecule has 0 radical (unpaired) electrons. The summed E-state index contributed by atoms with van der Waals surface area (Å²) in [6.07, 6.45) is 7.29. The number of fused-ring (bicyclic) bond motifs is 3. The second-order valence-corrected chi connectivity index (χ2v) is 6.72. The molecule has 3 aromatic rings. The zero-order valence-corrected chi connectivity index (χ0v) is 15.1. The molecule has 5 N–H and O–H groups in total. The van der Waals surface area contributed by atoms with Crippen molar-refractivity contribution in [1.29, 1.82) is 0 Å². The van der Waals surface area contributed by atoms with Crippen molar-refractivity contribution in [2.45, 2.75) is 32.2 Å². The molecule has 1 saturated heterocycles. The monoisotopic (exact) mass is 360 g/mol. The minimum absolute atomic E-state index is 0. The summed E-state index contributed by atoms with van der Waals surface area (Å²) in [6, 6.07) is 6.19. The summed E-state index contributed by atoms with van der Waals surface area (Å²) in [4.78, 5) is 8.40. The third kappa shape index (κ3) is 3.50. The lowest BCUT2D eigenvalue weighted by Gasteiger charge is -2.22. The van der Waals surface area contributed by atoms with Gasteiger partial charge in [-0.15, -0.1) is 12.4 Å². The van der Waals surface area contributed by atoms with Gasteiger partial charge in [-0.1, -0.05) is 0 Å². The van der Waals surface area contributed by atoms with Crippen LogP contribution in [0.2, 0.25) is 0 Å². The first-order valence-electron chi connectivity index (χ1n) is 8.73. The van der Waals surface area contributed by atoms with E-state index in [-0.39, 0.29) is 18.4 Å². The maximum atomic E-state index is 6.08. The highest BCUT2D eigenvalue weighted by molar-refractivity contribution is 6.10. The maximum absolute atomic E-state index is 6.08. The number of nitrogen functional groups attached to an aromatic ring is 2. The Hall–Kier alpha value is -2.05. The van der Waals surface area contributed by atoms with Gasteiger partial charge in [0.2, 0.25) is 5.95 Å². The Labute approximate surface area is 153 Å². The Balaban J connectivity index is 0.00000182. The van der Waals surface area contributed by atoms with Crippen LogP contribution in [0, 0.1) is 5.92 Å². The molecule has 1 aliphatic rings. The Kier molecular flexibility index (Phi) is 5.30. The Morgan fingerprint density at radius 3 is 2.88 bits per heavy atom. The van der Waals surface area contributed by atoms with Crippen molar-refractivity contribution in [3.8, 4) is 0 Å². The fourth-order valence-corrected chi connectivity index (χ4v) is 3.87. The number of halogens is 1. The van der Waals surface area contributed by atoms with Crippen LogP contribution in [0.4, 0.5) is 11.8 Å². The number of aromatic nitrogens is 3. The van der Waals surface area contributed by atoms with Crippen molar-refractivity contribution in [3.05, 3.63) is 24.4 Å². The zero-order chi connectivity index (χ0) is 16.5. The van der Waals surface area contributed by atoms with Gasteiger partial charge in [-0.25, -0.2) is 4.98 Å². The van der Waals surface area contributed by atoms with Crippen molar-refractivity contribution < 1.29 is 0 Å². The largest absolute Gasteiger partial charge is 0.383 e. The van der Waals surface area contributed by atoms with Gasteiger partial charge in [0.1, 0.15) is 5.82 Å². The fraction of sp³-hybridized carbons (Fsp3) is 0.444. The molecule has 1 unspecified atom stereocenters. The molecule has 1 aliphatic heterocycles. The molecular formula is C18H25ClN6. The summed E-state index contributed by atoms with van der Waals surface area (Å²) in [6.45, 7) is 3.38. The third-order valence-corrected chi connectivity index (χ3v) is 5.07. The van der Waals surface area contributed by atoms with Crippen LogP contribution < -0.4 is 16.8 Å². The van der Waals surface area contributed by atoms with E-state index < -0.39 is 0 Å². The number of piperidine rings is 1. The molecule has 0 aliphatic carbocycles. The van der Waals surface area contributed by atoms with Gasteiger partial charge in [0.05, 0.1) is 10.9 Å². The van der Waals surface area contributed by atoms with E-state index in [1.165, 1.54) is 44.3 Å². The molecule has 134 valence electrons. The van der Waals surface area contributed by atoms with Crippen LogP contribution in [0.3, 0.4) is 0 Å². The van der Waals surface area contributed by atoms with Gasteiger partial charge in [0.25, 0.3) is 0 Å². The number of anilines is 2.